The molecule has 2 aromatic heterocycles. The summed E-state index contributed by atoms with van der Waals surface area (Å²) in [5.41, 5.74) is -0.543. The van der Waals surface area contributed by atoms with Crippen molar-refractivity contribution in [2.45, 2.75) is 43.6 Å². The lowest BCUT2D eigenvalue weighted by Gasteiger charge is -2.25. The van der Waals surface area contributed by atoms with Crippen LogP contribution >= 0.6 is 0 Å². The Morgan fingerprint density at radius 3 is 2.55 bits per heavy atom. The van der Waals surface area contributed by atoms with Crippen LogP contribution in [0.3, 0.4) is 0 Å². The Bertz CT molecular complexity index is 1170. The maximum atomic E-state index is 14.0. The van der Waals surface area contributed by atoms with Gasteiger partial charge < -0.3 is 9.64 Å². The summed E-state index contributed by atoms with van der Waals surface area (Å²) in [5, 5.41) is 0. The van der Waals surface area contributed by atoms with E-state index < -0.39 is 23.8 Å². The van der Waals surface area contributed by atoms with E-state index in [1.165, 1.54) is 30.6 Å². The molecule has 2 fully saturated rings. The van der Waals surface area contributed by atoms with Crippen LogP contribution in [0.1, 0.15) is 35.3 Å². The van der Waals surface area contributed by atoms with Crippen LogP contribution in [0.2, 0.25) is 0 Å². The van der Waals surface area contributed by atoms with Crippen LogP contribution in [0.15, 0.2) is 49.1 Å². The van der Waals surface area contributed by atoms with Gasteiger partial charge in [-0.25, -0.2) is 24.3 Å². The molecule has 2 aliphatic heterocycles. The van der Waals surface area contributed by atoms with E-state index >= 15 is 0 Å². The number of amides is 1. The van der Waals surface area contributed by atoms with Gasteiger partial charge in [0, 0.05) is 30.4 Å². The first-order valence-electron chi connectivity index (χ1n) is 10.3. The van der Waals surface area contributed by atoms with Gasteiger partial charge >= 0.3 is 6.18 Å². The lowest BCUT2D eigenvalue weighted by Crippen LogP contribution is -2.39. The highest BCUT2D eigenvalue weighted by Gasteiger charge is 2.50. The molecular formula is C22H17F4N5O2. The molecule has 3 atom stereocenters. The summed E-state index contributed by atoms with van der Waals surface area (Å²) in [5.74, 6) is -0.608. The third-order valence-electron chi connectivity index (χ3n) is 5.92. The number of alkyl halides is 3. The summed E-state index contributed by atoms with van der Waals surface area (Å²) in [7, 11) is 0. The number of nitrogens with zero attached hydrogens (tertiary/aromatic N) is 5. The van der Waals surface area contributed by atoms with Gasteiger partial charge in [-0.05, 0) is 37.1 Å². The van der Waals surface area contributed by atoms with Crippen molar-refractivity contribution in [2.75, 3.05) is 0 Å². The largest absolute Gasteiger partial charge is 0.471 e. The average Bonchev–Trinajstić information content (AvgIpc) is 3.37. The first-order valence-corrected chi connectivity index (χ1v) is 10.3. The number of halogens is 4. The van der Waals surface area contributed by atoms with E-state index in [1.807, 2.05) is 0 Å². The van der Waals surface area contributed by atoms with Gasteiger partial charge in [0.2, 0.25) is 5.88 Å². The first kappa shape index (κ1) is 21.2. The minimum Gasteiger partial charge on any atom is -0.471 e. The fourth-order valence-corrected chi connectivity index (χ4v) is 4.52. The number of benzene rings is 1. The molecule has 0 radical (unpaired) electrons. The molecule has 0 saturated carbocycles. The van der Waals surface area contributed by atoms with Crippen molar-refractivity contribution in [2.24, 2.45) is 0 Å². The highest BCUT2D eigenvalue weighted by molar-refractivity contribution is 6.00. The summed E-state index contributed by atoms with van der Waals surface area (Å²) in [6, 6.07) is 5.08. The SMILES string of the molecule is O=C(c1ccc(F)cc1-c1ncccn1)N1[C@@H]2CC[C@H]1[C@H](Oc1cnc(C(F)(F)F)cn1)C2. The Labute approximate surface area is 185 Å². The zero-order chi connectivity index (χ0) is 23.2. The number of aromatic nitrogens is 4. The highest BCUT2D eigenvalue weighted by atomic mass is 19.4. The summed E-state index contributed by atoms with van der Waals surface area (Å²) in [4.78, 5) is 30.6. The number of fused-ring (bicyclic) bond motifs is 2. The normalized spacial score (nSPS) is 21.9. The number of rotatable bonds is 4. The van der Waals surface area contributed by atoms with E-state index in [0.29, 0.717) is 19.0 Å². The van der Waals surface area contributed by atoms with Crippen LogP contribution in [0.4, 0.5) is 17.6 Å². The molecule has 0 aliphatic carbocycles. The van der Waals surface area contributed by atoms with Crippen molar-refractivity contribution in [1.29, 1.82) is 0 Å². The van der Waals surface area contributed by atoms with Crippen LogP contribution < -0.4 is 4.74 Å². The molecule has 3 aromatic rings. The van der Waals surface area contributed by atoms with Crippen molar-refractivity contribution in [3.63, 3.8) is 0 Å². The smallest absolute Gasteiger partial charge is 0.434 e. The predicted octanol–water partition coefficient (Wildman–Crippen LogP) is 3.92. The summed E-state index contributed by atoms with van der Waals surface area (Å²) in [6.07, 6.45) is 1.51. The van der Waals surface area contributed by atoms with Crippen LogP contribution in [-0.2, 0) is 6.18 Å². The van der Waals surface area contributed by atoms with Crippen LogP contribution in [-0.4, -0.2) is 48.9 Å². The highest BCUT2D eigenvalue weighted by Crippen LogP contribution is 2.41. The molecular weight excluding hydrogens is 442 g/mol. The Morgan fingerprint density at radius 2 is 1.85 bits per heavy atom. The second-order valence-electron chi connectivity index (χ2n) is 7.90. The summed E-state index contributed by atoms with van der Waals surface area (Å²) < 4.78 is 57.9. The molecule has 1 aromatic carbocycles. The molecule has 2 saturated heterocycles. The van der Waals surface area contributed by atoms with Gasteiger partial charge in [0.1, 0.15) is 11.9 Å². The third-order valence-corrected chi connectivity index (χ3v) is 5.92. The topological polar surface area (TPSA) is 81.1 Å². The van der Waals surface area contributed by atoms with E-state index in [0.717, 1.165) is 12.6 Å². The molecule has 2 aliphatic rings. The Hall–Kier alpha value is -3.63. The van der Waals surface area contributed by atoms with Crippen molar-refractivity contribution >= 4 is 5.91 Å². The molecule has 0 spiro atoms. The number of hydrogen-bond donors (Lipinski definition) is 0. The van der Waals surface area contributed by atoms with Gasteiger partial charge in [-0.2, -0.15) is 13.2 Å². The lowest BCUT2D eigenvalue weighted by atomic mass is 9.98. The van der Waals surface area contributed by atoms with Crippen molar-refractivity contribution in [3.05, 3.63) is 66.1 Å². The third kappa shape index (κ3) is 3.98. The van der Waals surface area contributed by atoms with Crippen LogP contribution in [0, 0.1) is 5.82 Å². The minimum absolute atomic E-state index is 0.0342. The molecule has 7 nitrogen and oxygen atoms in total. The fraction of sp³-hybridized carbons (Fsp3) is 0.318. The standard InChI is InChI=1S/C22H17F4N5O2/c23-12-2-4-14(15(8-12)20-27-6-1-7-28-20)21(32)31-13-3-5-16(31)17(9-13)33-19-11-29-18(10-30-19)22(24,25)26/h1-2,4,6-8,10-11,13,16-17H,3,5,9H2/t13-,16+,17-/m1/s1. The fourth-order valence-electron chi connectivity index (χ4n) is 4.52. The van der Waals surface area contributed by atoms with Crippen molar-refractivity contribution < 1.29 is 27.1 Å². The van der Waals surface area contributed by atoms with Crippen LogP contribution in [0.25, 0.3) is 11.4 Å². The Balaban J connectivity index is 1.38. The second kappa shape index (κ2) is 8.05. The molecule has 170 valence electrons. The van der Waals surface area contributed by atoms with E-state index in [1.54, 1.807) is 11.0 Å². The number of ether oxygens (including phenoxy) is 1. The summed E-state index contributed by atoms with van der Waals surface area (Å²) in [6.45, 7) is 0. The number of hydrogen-bond acceptors (Lipinski definition) is 6. The predicted molar refractivity (Wildman–Crippen MR) is 106 cm³/mol. The summed E-state index contributed by atoms with van der Waals surface area (Å²) >= 11 is 0. The van der Waals surface area contributed by atoms with E-state index in [9.17, 15) is 22.4 Å². The second-order valence-corrected chi connectivity index (χ2v) is 7.90. The minimum atomic E-state index is -4.59. The number of carbonyl (C=O) groups excluding carboxylic acids is 1. The Morgan fingerprint density at radius 1 is 1.06 bits per heavy atom. The molecule has 0 N–H and O–H groups in total. The van der Waals surface area contributed by atoms with Gasteiger partial charge in [-0.15, -0.1) is 0 Å². The van der Waals surface area contributed by atoms with Gasteiger partial charge in [-0.1, -0.05) is 0 Å². The van der Waals surface area contributed by atoms with E-state index in [-0.39, 0.29) is 40.8 Å². The molecule has 4 heterocycles. The van der Waals surface area contributed by atoms with Crippen molar-refractivity contribution in [1.82, 2.24) is 24.8 Å². The van der Waals surface area contributed by atoms with Gasteiger partial charge in [0.05, 0.1) is 24.0 Å². The monoisotopic (exact) mass is 459 g/mol. The zero-order valence-corrected chi connectivity index (χ0v) is 17.0. The molecule has 11 heteroatoms. The van der Waals surface area contributed by atoms with Gasteiger partial charge in [0.25, 0.3) is 5.91 Å². The molecule has 2 bridgehead atoms. The molecule has 0 unspecified atom stereocenters. The molecule has 5 rings (SSSR count). The number of carbonyl (C=O) groups is 1. The maximum Gasteiger partial charge on any atom is 0.434 e. The average molecular weight is 459 g/mol. The van der Waals surface area contributed by atoms with Crippen LogP contribution in [0.5, 0.6) is 5.88 Å². The van der Waals surface area contributed by atoms with Crippen molar-refractivity contribution in [3.8, 4) is 17.3 Å². The maximum absolute atomic E-state index is 14.0. The lowest BCUT2D eigenvalue weighted by molar-refractivity contribution is -0.141. The molecule has 33 heavy (non-hydrogen) atoms. The molecule has 1 amide bonds. The van der Waals surface area contributed by atoms with Gasteiger partial charge in [0.15, 0.2) is 11.5 Å². The zero-order valence-electron chi connectivity index (χ0n) is 17.0. The van der Waals surface area contributed by atoms with E-state index in [2.05, 4.69) is 19.9 Å². The quantitative estimate of drug-likeness (QED) is 0.551. The Kier molecular flexibility index (Phi) is 5.18. The van der Waals surface area contributed by atoms with E-state index in [4.69, 9.17) is 4.74 Å². The first-order chi connectivity index (χ1) is 15.8. The van der Waals surface area contributed by atoms with Gasteiger partial charge in [-0.3, -0.25) is 4.79 Å².